The molecular formula is C27H46O. The molecule has 0 amide bonds. The van der Waals surface area contributed by atoms with Crippen LogP contribution in [-0.2, 0) is 0 Å². The first-order valence-corrected chi connectivity index (χ1v) is 12.2. The van der Waals surface area contributed by atoms with E-state index in [9.17, 15) is 0 Å². The van der Waals surface area contributed by atoms with E-state index in [4.69, 9.17) is 4.74 Å². The molecule has 0 bridgehead atoms. The summed E-state index contributed by atoms with van der Waals surface area (Å²) < 4.78 is 5.69. The maximum atomic E-state index is 5.69. The number of benzene rings is 1. The molecule has 0 aliphatic carbocycles. The predicted molar refractivity (Wildman–Crippen MR) is 125 cm³/mol. The van der Waals surface area contributed by atoms with Crippen LogP contribution < -0.4 is 4.74 Å². The molecule has 0 spiro atoms. The first-order valence-electron chi connectivity index (χ1n) is 12.2. The molecule has 0 aromatic heterocycles. The maximum Gasteiger partial charge on any atom is 0.129 e. The first kappa shape index (κ1) is 24.8. The molecule has 0 fully saturated rings. The molecule has 0 aliphatic rings. The van der Waals surface area contributed by atoms with Crippen molar-refractivity contribution in [2.45, 2.75) is 123 Å². The number of hydrogen-bond donors (Lipinski definition) is 0. The van der Waals surface area contributed by atoms with Gasteiger partial charge < -0.3 is 4.74 Å². The molecule has 0 saturated heterocycles. The van der Waals surface area contributed by atoms with E-state index in [1.54, 1.807) is 0 Å². The van der Waals surface area contributed by atoms with Crippen LogP contribution in [0.5, 0.6) is 5.75 Å². The van der Waals surface area contributed by atoms with Gasteiger partial charge in [-0.3, -0.25) is 0 Å². The highest BCUT2D eigenvalue weighted by molar-refractivity contribution is 5.32. The normalized spacial score (nSPS) is 11.4. The van der Waals surface area contributed by atoms with Crippen LogP contribution in [0.1, 0.15) is 122 Å². The summed E-state index contributed by atoms with van der Waals surface area (Å²) in [7, 11) is 0. The van der Waals surface area contributed by atoms with E-state index in [1.807, 2.05) is 24.5 Å². The predicted octanol–water partition coefficient (Wildman–Crippen LogP) is 9.54. The lowest BCUT2D eigenvalue weighted by Gasteiger charge is -2.04. The van der Waals surface area contributed by atoms with Crippen LogP contribution in [0.3, 0.4) is 0 Å². The van der Waals surface area contributed by atoms with Crippen molar-refractivity contribution >= 4 is 0 Å². The van der Waals surface area contributed by atoms with Crippen molar-refractivity contribution in [1.82, 2.24) is 0 Å². The SMILES string of the molecule is CCCCCCCCCCCCCCCCCC/C=C/Oc1ccccc1C. The summed E-state index contributed by atoms with van der Waals surface area (Å²) in [4.78, 5) is 0. The summed E-state index contributed by atoms with van der Waals surface area (Å²) in [6, 6.07) is 8.17. The highest BCUT2D eigenvalue weighted by Gasteiger charge is 1.95. The van der Waals surface area contributed by atoms with Crippen LogP contribution >= 0.6 is 0 Å². The Morgan fingerprint density at radius 1 is 0.643 bits per heavy atom. The fraction of sp³-hybridized carbons (Fsp3) is 0.704. The molecule has 1 heteroatoms. The Bertz CT molecular complexity index is 477. The van der Waals surface area contributed by atoms with Crippen molar-refractivity contribution < 1.29 is 4.74 Å². The number of rotatable bonds is 19. The van der Waals surface area contributed by atoms with Gasteiger partial charge in [-0.05, 0) is 37.5 Å². The van der Waals surface area contributed by atoms with Gasteiger partial charge in [-0.2, -0.15) is 0 Å². The summed E-state index contributed by atoms with van der Waals surface area (Å²) >= 11 is 0. The van der Waals surface area contributed by atoms with Gasteiger partial charge in [0.05, 0.1) is 6.26 Å². The summed E-state index contributed by atoms with van der Waals surface area (Å²) in [6.45, 7) is 4.38. The Morgan fingerprint density at radius 2 is 1.11 bits per heavy atom. The second-order valence-corrected chi connectivity index (χ2v) is 8.35. The van der Waals surface area contributed by atoms with E-state index in [0.29, 0.717) is 0 Å². The zero-order chi connectivity index (χ0) is 20.1. The second kappa shape index (κ2) is 19.1. The summed E-state index contributed by atoms with van der Waals surface area (Å²) in [5.41, 5.74) is 1.19. The molecule has 1 rings (SSSR count). The van der Waals surface area contributed by atoms with Gasteiger partial charge in [0.15, 0.2) is 0 Å². The van der Waals surface area contributed by atoms with Crippen LogP contribution in [0.15, 0.2) is 36.6 Å². The van der Waals surface area contributed by atoms with E-state index >= 15 is 0 Å². The third-order valence-electron chi connectivity index (χ3n) is 5.61. The summed E-state index contributed by atoms with van der Waals surface area (Å²) in [5, 5.41) is 0. The average Bonchev–Trinajstić information content (AvgIpc) is 2.71. The van der Waals surface area contributed by atoms with Crippen LogP contribution in [0.25, 0.3) is 0 Å². The molecule has 0 atom stereocenters. The standard InChI is InChI=1S/C27H46O/c1-3-4-5-6-7-8-9-10-11-12-13-14-15-16-17-18-19-22-25-28-27-24-21-20-23-26(27)2/h20-25H,3-19H2,1-2H3/b25-22+. The van der Waals surface area contributed by atoms with E-state index in [2.05, 4.69) is 26.0 Å². The zero-order valence-corrected chi connectivity index (χ0v) is 18.9. The van der Waals surface area contributed by atoms with Gasteiger partial charge in [0.25, 0.3) is 0 Å². The van der Waals surface area contributed by atoms with Crippen molar-refractivity contribution in [2.75, 3.05) is 0 Å². The Hall–Kier alpha value is -1.24. The Morgan fingerprint density at radius 3 is 1.61 bits per heavy atom. The minimum absolute atomic E-state index is 0.964. The Labute approximate surface area is 176 Å². The third-order valence-corrected chi connectivity index (χ3v) is 5.61. The highest BCUT2D eigenvalue weighted by atomic mass is 16.5. The lowest BCUT2D eigenvalue weighted by Crippen LogP contribution is -1.85. The van der Waals surface area contributed by atoms with Crippen LogP contribution in [0.4, 0.5) is 0 Å². The number of allylic oxidation sites excluding steroid dienone is 1. The van der Waals surface area contributed by atoms with Crippen LogP contribution in [0, 0.1) is 6.92 Å². The molecule has 28 heavy (non-hydrogen) atoms. The van der Waals surface area contributed by atoms with Crippen molar-refractivity contribution in [2.24, 2.45) is 0 Å². The smallest absolute Gasteiger partial charge is 0.129 e. The largest absolute Gasteiger partial charge is 0.465 e. The number of ether oxygens (including phenoxy) is 1. The number of unbranched alkanes of at least 4 members (excludes halogenated alkanes) is 16. The minimum atomic E-state index is 0.964. The van der Waals surface area contributed by atoms with Gasteiger partial charge in [-0.25, -0.2) is 0 Å². The van der Waals surface area contributed by atoms with E-state index in [0.717, 1.165) is 12.2 Å². The van der Waals surface area contributed by atoms with Gasteiger partial charge in [-0.15, -0.1) is 0 Å². The third kappa shape index (κ3) is 14.8. The lowest BCUT2D eigenvalue weighted by molar-refractivity contribution is 0.473. The first-order chi connectivity index (χ1) is 13.8. The Balaban J connectivity index is 1.76. The Kier molecular flexibility index (Phi) is 16.9. The molecule has 0 aliphatic heterocycles. The van der Waals surface area contributed by atoms with E-state index in [-0.39, 0.29) is 0 Å². The van der Waals surface area contributed by atoms with Crippen molar-refractivity contribution in [1.29, 1.82) is 0 Å². The van der Waals surface area contributed by atoms with Crippen molar-refractivity contribution in [3.8, 4) is 5.75 Å². The van der Waals surface area contributed by atoms with Gasteiger partial charge >= 0.3 is 0 Å². The topological polar surface area (TPSA) is 9.23 Å². The molecule has 0 unspecified atom stereocenters. The van der Waals surface area contributed by atoms with Gasteiger partial charge in [0, 0.05) is 0 Å². The quantitative estimate of drug-likeness (QED) is 0.170. The molecule has 1 nitrogen and oxygen atoms in total. The second-order valence-electron chi connectivity index (χ2n) is 8.35. The molecule has 0 radical (unpaired) electrons. The monoisotopic (exact) mass is 386 g/mol. The molecule has 0 N–H and O–H groups in total. The van der Waals surface area contributed by atoms with Gasteiger partial charge in [0.1, 0.15) is 5.75 Å². The molecule has 160 valence electrons. The van der Waals surface area contributed by atoms with Crippen LogP contribution in [-0.4, -0.2) is 0 Å². The van der Waals surface area contributed by atoms with E-state index < -0.39 is 0 Å². The molecule has 0 heterocycles. The average molecular weight is 387 g/mol. The zero-order valence-electron chi connectivity index (χ0n) is 18.9. The van der Waals surface area contributed by atoms with Gasteiger partial charge in [-0.1, -0.05) is 121 Å². The number of hydrogen-bond acceptors (Lipinski definition) is 1. The summed E-state index contributed by atoms with van der Waals surface area (Å²) in [5.74, 6) is 0.964. The molecule has 1 aromatic carbocycles. The highest BCUT2D eigenvalue weighted by Crippen LogP contribution is 2.17. The van der Waals surface area contributed by atoms with Crippen molar-refractivity contribution in [3.05, 3.63) is 42.2 Å². The minimum Gasteiger partial charge on any atom is -0.465 e. The number of para-hydroxylation sites is 1. The molecular weight excluding hydrogens is 340 g/mol. The van der Waals surface area contributed by atoms with Gasteiger partial charge in [0.2, 0.25) is 0 Å². The molecule has 1 aromatic rings. The molecule has 0 saturated carbocycles. The van der Waals surface area contributed by atoms with Crippen LogP contribution in [0.2, 0.25) is 0 Å². The fourth-order valence-corrected chi connectivity index (χ4v) is 3.69. The fourth-order valence-electron chi connectivity index (χ4n) is 3.69. The summed E-state index contributed by atoms with van der Waals surface area (Å²) in [6.07, 6.45) is 28.0. The number of aryl methyl sites for hydroxylation is 1. The van der Waals surface area contributed by atoms with E-state index in [1.165, 1.54) is 108 Å². The van der Waals surface area contributed by atoms with Crippen molar-refractivity contribution in [3.63, 3.8) is 0 Å². The maximum absolute atomic E-state index is 5.69. The lowest BCUT2D eigenvalue weighted by atomic mass is 10.0.